The fraction of sp³-hybridized carbons (Fsp3) is 0.625. The largest absolute Gasteiger partial charge is 0.494 e. The van der Waals surface area contributed by atoms with Gasteiger partial charge in [0.1, 0.15) is 5.75 Å². The van der Waals surface area contributed by atoms with Crippen LogP contribution >= 0.6 is 0 Å². The van der Waals surface area contributed by atoms with Crippen molar-refractivity contribution in [1.29, 1.82) is 0 Å². The molecule has 1 aromatic rings. The molecule has 1 aromatic carbocycles. The Morgan fingerprint density at radius 3 is 2.53 bits per heavy atom. The van der Waals surface area contributed by atoms with Gasteiger partial charge in [0.15, 0.2) is 0 Å². The average Bonchev–Trinajstić information content (AvgIpc) is 2.97. The van der Waals surface area contributed by atoms with Crippen molar-refractivity contribution in [3.05, 3.63) is 30.3 Å². The summed E-state index contributed by atoms with van der Waals surface area (Å²) in [6, 6.07) is 10.8. The van der Waals surface area contributed by atoms with Gasteiger partial charge >= 0.3 is 0 Å². The Bertz CT molecular complexity index is 336. The predicted octanol–water partition coefficient (Wildman–Crippen LogP) is 2.66. The molecule has 1 fully saturated rings. The Labute approximate surface area is 116 Å². The van der Waals surface area contributed by atoms with Crippen LogP contribution in [0.5, 0.6) is 5.75 Å². The molecule has 0 aliphatic heterocycles. The van der Waals surface area contributed by atoms with Gasteiger partial charge in [0.25, 0.3) is 0 Å². The van der Waals surface area contributed by atoms with Crippen molar-refractivity contribution in [3.63, 3.8) is 0 Å². The topological polar surface area (TPSA) is 38.5 Å². The van der Waals surface area contributed by atoms with Gasteiger partial charge in [0.2, 0.25) is 0 Å². The van der Waals surface area contributed by atoms with Crippen LogP contribution in [0.1, 0.15) is 32.1 Å². The predicted molar refractivity (Wildman–Crippen MR) is 79.4 cm³/mol. The molecular weight excluding hydrogens is 236 g/mol. The Balaban J connectivity index is 1.67. The molecule has 0 spiro atoms. The summed E-state index contributed by atoms with van der Waals surface area (Å²) in [6.07, 6.45) is 6.53. The van der Waals surface area contributed by atoms with Crippen molar-refractivity contribution in [2.24, 2.45) is 5.73 Å². The molecule has 0 radical (unpaired) electrons. The van der Waals surface area contributed by atoms with Gasteiger partial charge in [-0.1, -0.05) is 31.0 Å². The highest BCUT2D eigenvalue weighted by Gasteiger charge is 2.21. The van der Waals surface area contributed by atoms with Crippen LogP contribution in [0.4, 0.5) is 0 Å². The smallest absolute Gasteiger partial charge is 0.119 e. The van der Waals surface area contributed by atoms with Gasteiger partial charge in [-0.2, -0.15) is 0 Å². The lowest BCUT2D eigenvalue weighted by atomic mass is 10.2. The van der Waals surface area contributed by atoms with Crippen LogP contribution in [0.2, 0.25) is 0 Å². The number of rotatable bonds is 8. The van der Waals surface area contributed by atoms with Gasteiger partial charge in [-0.15, -0.1) is 0 Å². The van der Waals surface area contributed by atoms with Crippen LogP contribution in [0.3, 0.4) is 0 Å². The molecule has 19 heavy (non-hydrogen) atoms. The lowest BCUT2D eigenvalue weighted by Crippen LogP contribution is -2.38. The minimum atomic E-state index is 0.760. The standard InChI is InChI=1S/C16H26N2O/c17-11-13-18(15-7-4-5-8-15)12-6-14-19-16-9-2-1-3-10-16/h1-3,9-10,15H,4-8,11-14,17H2. The van der Waals surface area contributed by atoms with Gasteiger partial charge in [-0.05, 0) is 31.4 Å². The number of hydrogen-bond donors (Lipinski definition) is 1. The quantitative estimate of drug-likeness (QED) is 0.732. The van der Waals surface area contributed by atoms with E-state index in [1.54, 1.807) is 0 Å². The van der Waals surface area contributed by atoms with Crippen LogP contribution in [0.25, 0.3) is 0 Å². The van der Waals surface area contributed by atoms with E-state index >= 15 is 0 Å². The van der Waals surface area contributed by atoms with Gasteiger partial charge in [-0.3, -0.25) is 4.90 Å². The Morgan fingerprint density at radius 2 is 1.84 bits per heavy atom. The van der Waals surface area contributed by atoms with Crippen molar-refractivity contribution in [2.75, 3.05) is 26.2 Å². The third-order valence-electron chi connectivity index (χ3n) is 3.86. The van der Waals surface area contributed by atoms with Gasteiger partial charge < -0.3 is 10.5 Å². The molecule has 0 aromatic heterocycles. The van der Waals surface area contributed by atoms with Gasteiger partial charge in [0, 0.05) is 25.7 Å². The van der Waals surface area contributed by atoms with Crippen molar-refractivity contribution in [3.8, 4) is 5.75 Å². The molecule has 0 heterocycles. The summed E-state index contributed by atoms with van der Waals surface area (Å²) in [5.74, 6) is 0.966. The molecular formula is C16H26N2O. The molecule has 1 saturated carbocycles. The van der Waals surface area contributed by atoms with Crippen LogP contribution in [-0.4, -0.2) is 37.2 Å². The minimum Gasteiger partial charge on any atom is -0.494 e. The van der Waals surface area contributed by atoms with E-state index < -0.39 is 0 Å². The summed E-state index contributed by atoms with van der Waals surface area (Å²) in [5.41, 5.74) is 5.72. The summed E-state index contributed by atoms with van der Waals surface area (Å²) < 4.78 is 5.74. The molecule has 1 aliphatic rings. The lowest BCUT2D eigenvalue weighted by molar-refractivity contribution is 0.184. The molecule has 2 rings (SSSR count). The molecule has 0 unspecified atom stereocenters. The maximum absolute atomic E-state index is 5.74. The summed E-state index contributed by atoms with van der Waals surface area (Å²) in [6.45, 7) is 3.68. The fourth-order valence-electron chi connectivity index (χ4n) is 2.89. The third kappa shape index (κ3) is 4.84. The Hall–Kier alpha value is -1.06. The van der Waals surface area contributed by atoms with Gasteiger partial charge in [0.05, 0.1) is 6.61 Å². The van der Waals surface area contributed by atoms with Gasteiger partial charge in [-0.25, -0.2) is 0 Å². The van der Waals surface area contributed by atoms with Crippen LogP contribution in [0.15, 0.2) is 30.3 Å². The number of para-hydroxylation sites is 1. The van der Waals surface area contributed by atoms with Crippen molar-refractivity contribution < 1.29 is 4.74 Å². The average molecular weight is 262 g/mol. The molecule has 0 saturated heterocycles. The van der Waals surface area contributed by atoms with E-state index in [0.29, 0.717) is 0 Å². The minimum absolute atomic E-state index is 0.760. The second-order valence-electron chi connectivity index (χ2n) is 5.28. The van der Waals surface area contributed by atoms with E-state index in [-0.39, 0.29) is 0 Å². The van der Waals surface area contributed by atoms with E-state index in [1.165, 1.54) is 25.7 Å². The zero-order chi connectivity index (χ0) is 13.3. The van der Waals surface area contributed by atoms with Crippen molar-refractivity contribution in [1.82, 2.24) is 4.90 Å². The van der Waals surface area contributed by atoms with Crippen LogP contribution < -0.4 is 10.5 Å². The Kier molecular flexibility index (Phi) is 6.18. The first kappa shape index (κ1) is 14.4. The third-order valence-corrected chi connectivity index (χ3v) is 3.86. The first-order chi connectivity index (χ1) is 9.40. The number of nitrogens with two attached hydrogens (primary N) is 1. The molecule has 0 amide bonds. The van der Waals surface area contributed by atoms with E-state index in [4.69, 9.17) is 10.5 Å². The number of hydrogen-bond acceptors (Lipinski definition) is 3. The highest BCUT2D eigenvalue weighted by Crippen LogP contribution is 2.23. The number of ether oxygens (including phenoxy) is 1. The second kappa shape index (κ2) is 8.18. The van der Waals surface area contributed by atoms with Crippen molar-refractivity contribution >= 4 is 0 Å². The molecule has 0 bridgehead atoms. The maximum atomic E-state index is 5.74. The summed E-state index contributed by atoms with van der Waals surface area (Å²) in [4.78, 5) is 2.56. The van der Waals surface area contributed by atoms with Crippen molar-refractivity contribution in [2.45, 2.75) is 38.1 Å². The Morgan fingerprint density at radius 1 is 1.11 bits per heavy atom. The first-order valence-electron chi connectivity index (χ1n) is 7.52. The summed E-state index contributed by atoms with van der Waals surface area (Å²) >= 11 is 0. The zero-order valence-electron chi connectivity index (χ0n) is 11.8. The van der Waals surface area contributed by atoms with Crippen LogP contribution in [0, 0.1) is 0 Å². The maximum Gasteiger partial charge on any atom is 0.119 e. The first-order valence-corrected chi connectivity index (χ1v) is 7.52. The number of benzene rings is 1. The van der Waals surface area contributed by atoms with E-state index in [0.717, 1.165) is 44.5 Å². The lowest BCUT2D eigenvalue weighted by Gasteiger charge is -2.28. The highest BCUT2D eigenvalue weighted by atomic mass is 16.5. The highest BCUT2D eigenvalue weighted by molar-refractivity contribution is 5.20. The molecule has 2 N–H and O–H groups in total. The normalized spacial score (nSPS) is 16.1. The molecule has 1 aliphatic carbocycles. The monoisotopic (exact) mass is 262 g/mol. The van der Waals surface area contributed by atoms with Crippen LogP contribution in [-0.2, 0) is 0 Å². The van der Waals surface area contributed by atoms with E-state index in [1.807, 2.05) is 30.3 Å². The molecule has 106 valence electrons. The molecule has 3 nitrogen and oxygen atoms in total. The second-order valence-corrected chi connectivity index (χ2v) is 5.28. The molecule has 3 heteroatoms. The van der Waals surface area contributed by atoms with E-state index in [2.05, 4.69) is 4.90 Å². The molecule has 0 atom stereocenters. The van der Waals surface area contributed by atoms with E-state index in [9.17, 15) is 0 Å². The SMILES string of the molecule is NCCN(CCCOc1ccccc1)C1CCCC1. The summed E-state index contributed by atoms with van der Waals surface area (Å²) in [7, 11) is 0. The number of nitrogens with zero attached hydrogens (tertiary/aromatic N) is 1. The zero-order valence-corrected chi connectivity index (χ0v) is 11.8. The fourth-order valence-corrected chi connectivity index (χ4v) is 2.89. The summed E-state index contributed by atoms with van der Waals surface area (Å²) in [5, 5.41) is 0.